The van der Waals surface area contributed by atoms with Crippen molar-refractivity contribution >= 4 is 61.0 Å². The van der Waals surface area contributed by atoms with Crippen LogP contribution in [0.5, 0.6) is 5.75 Å². The predicted molar refractivity (Wildman–Crippen MR) is 89.6 cm³/mol. The van der Waals surface area contributed by atoms with Crippen LogP contribution in [0.3, 0.4) is 0 Å². The number of hydrogen-bond acceptors (Lipinski definition) is 2. The van der Waals surface area contributed by atoms with E-state index in [2.05, 4.69) is 31.9 Å². The van der Waals surface area contributed by atoms with Crippen LogP contribution in [-0.4, -0.2) is 11.1 Å². The molecule has 0 fully saturated rings. The van der Waals surface area contributed by atoms with E-state index in [9.17, 15) is 4.79 Å². The summed E-state index contributed by atoms with van der Waals surface area (Å²) < 4.78 is 6.75. The van der Waals surface area contributed by atoms with Crippen LogP contribution < -0.4 is 4.74 Å². The van der Waals surface area contributed by atoms with Crippen LogP contribution in [0.4, 0.5) is 0 Å². The summed E-state index contributed by atoms with van der Waals surface area (Å²) in [5, 5.41) is 10.0. The van der Waals surface area contributed by atoms with Gasteiger partial charge in [0.15, 0.2) is 0 Å². The molecule has 3 nitrogen and oxygen atoms in total. The number of hydrogen-bond donors (Lipinski definition) is 1. The van der Waals surface area contributed by atoms with E-state index in [0.29, 0.717) is 30.3 Å². The standard InChI is InChI=1S/C14H8Br2Cl2O3/c15-9-4-7(14(19)20)5-10(16)13(9)21-6-8-11(17)2-1-3-12(8)18/h1-5H,6H2,(H,19,20). The lowest BCUT2D eigenvalue weighted by atomic mass is 10.2. The Bertz CT molecular complexity index is 661. The van der Waals surface area contributed by atoms with Crippen molar-refractivity contribution in [2.75, 3.05) is 0 Å². The molecule has 2 rings (SSSR count). The molecule has 0 bridgehead atoms. The van der Waals surface area contributed by atoms with Gasteiger partial charge in [0, 0.05) is 15.6 Å². The Balaban J connectivity index is 2.27. The summed E-state index contributed by atoms with van der Waals surface area (Å²) >= 11 is 18.7. The Hall–Kier alpha value is -0.750. The average molecular weight is 455 g/mol. The molecule has 110 valence electrons. The first-order chi connectivity index (χ1) is 9.90. The lowest BCUT2D eigenvalue weighted by molar-refractivity contribution is 0.0696. The molecule has 2 aromatic carbocycles. The summed E-state index contributed by atoms with van der Waals surface area (Å²) in [5.74, 6) is -0.534. The molecule has 0 unspecified atom stereocenters. The topological polar surface area (TPSA) is 46.5 Å². The number of aromatic carboxylic acids is 1. The van der Waals surface area contributed by atoms with E-state index in [0.717, 1.165) is 0 Å². The van der Waals surface area contributed by atoms with Gasteiger partial charge in [0.05, 0.1) is 14.5 Å². The first-order valence-electron chi connectivity index (χ1n) is 5.68. The highest BCUT2D eigenvalue weighted by Crippen LogP contribution is 2.36. The van der Waals surface area contributed by atoms with Crippen molar-refractivity contribution < 1.29 is 14.6 Å². The molecule has 0 amide bonds. The zero-order valence-corrected chi connectivity index (χ0v) is 15.1. The third-order valence-corrected chi connectivity index (χ3v) is 4.55. The van der Waals surface area contributed by atoms with Crippen molar-refractivity contribution in [3.63, 3.8) is 0 Å². The number of benzene rings is 2. The number of carbonyl (C=O) groups is 1. The predicted octanol–water partition coefficient (Wildman–Crippen LogP) is 5.80. The molecule has 0 aliphatic heterocycles. The van der Waals surface area contributed by atoms with Gasteiger partial charge in [0.2, 0.25) is 0 Å². The van der Waals surface area contributed by atoms with Crippen molar-refractivity contribution in [3.8, 4) is 5.75 Å². The maximum atomic E-state index is 11.0. The summed E-state index contributed by atoms with van der Waals surface area (Å²) in [6.07, 6.45) is 0. The molecule has 0 aliphatic rings. The molecule has 0 saturated carbocycles. The van der Waals surface area contributed by atoms with E-state index in [1.165, 1.54) is 12.1 Å². The molecule has 0 radical (unpaired) electrons. The molecule has 0 saturated heterocycles. The Morgan fingerprint density at radius 3 is 2.14 bits per heavy atom. The normalized spacial score (nSPS) is 10.5. The fraction of sp³-hybridized carbons (Fsp3) is 0.0714. The Labute approximate surface area is 148 Å². The smallest absolute Gasteiger partial charge is 0.335 e. The Kier molecular flexibility index (Phi) is 5.54. The van der Waals surface area contributed by atoms with E-state index in [-0.39, 0.29) is 12.2 Å². The molecule has 0 aromatic heterocycles. The highest BCUT2D eigenvalue weighted by molar-refractivity contribution is 9.11. The molecule has 1 N–H and O–H groups in total. The monoisotopic (exact) mass is 452 g/mol. The number of halogens is 4. The minimum absolute atomic E-state index is 0.150. The van der Waals surface area contributed by atoms with Gasteiger partial charge in [-0.2, -0.15) is 0 Å². The molecule has 21 heavy (non-hydrogen) atoms. The minimum atomic E-state index is -1.02. The van der Waals surface area contributed by atoms with Crippen LogP contribution >= 0.6 is 55.1 Å². The van der Waals surface area contributed by atoms with Gasteiger partial charge in [-0.3, -0.25) is 0 Å². The van der Waals surface area contributed by atoms with Crippen molar-refractivity contribution in [2.24, 2.45) is 0 Å². The van der Waals surface area contributed by atoms with Crippen molar-refractivity contribution in [3.05, 3.63) is 60.4 Å². The summed E-state index contributed by atoms with van der Waals surface area (Å²) in [5.41, 5.74) is 0.818. The summed E-state index contributed by atoms with van der Waals surface area (Å²) in [4.78, 5) is 11.0. The third-order valence-electron chi connectivity index (χ3n) is 2.67. The van der Waals surface area contributed by atoms with E-state index in [1.54, 1.807) is 18.2 Å². The molecular weight excluding hydrogens is 447 g/mol. The largest absolute Gasteiger partial charge is 0.486 e. The summed E-state index contributed by atoms with van der Waals surface area (Å²) in [6, 6.07) is 8.14. The summed E-state index contributed by atoms with van der Waals surface area (Å²) in [6.45, 7) is 0.169. The zero-order chi connectivity index (χ0) is 15.6. The number of carboxylic acid groups (broad SMARTS) is 1. The lowest BCUT2D eigenvalue weighted by Crippen LogP contribution is -2.01. The molecule has 0 heterocycles. The van der Waals surface area contributed by atoms with Crippen LogP contribution in [0.25, 0.3) is 0 Å². The van der Waals surface area contributed by atoms with Gasteiger partial charge in [-0.25, -0.2) is 4.79 Å². The van der Waals surface area contributed by atoms with Gasteiger partial charge >= 0.3 is 5.97 Å². The van der Waals surface area contributed by atoms with E-state index < -0.39 is 5.97 Å². The van der Waals surface area contributed by atoms with Gasteiger partial charge in [0.25, 0.3) is 0 Å². The van der Waals surface area contributed by atoms with Crippen LogP contribution in [0.15, 0.2) is 39.3 Å². The molecule has 2 aromatic rings. The van der Waals surface area contributed by atoms with Crippen molar-refractivity contribution in [1.82, 2.24) is 0 Å². The molecule has 7 heteroatoms. The van der Waals surface area contributed by atoms with Gasteiger partial charge in [0.1, 0.15) is 12.4 Å². The fourth-order valence-corrected chi connectivity index (χ4v) is 3.56. The number of carboxylic acids is 1. The minimum Gasteiger partial charge on any atom is -0.486 e. The van der Waals surface area contributed by atoms with E-state index >= 15 is 0 Å². The second kappa shape index (κ2) is 7.01. The van der Waals surface area contributed by atoms with Crippen molar-refractivity contribution in [1.29, 1.82) is 0 Å². The first kappa shape index (κ1) is 16.6. The highest BCUT2D eigenvalue weighted by atomic mass is 79.9. The maximum absolute atomic E-state index is 11.0. The SMILES string of the molecule is O=C(O)c1cc(Br)c(OCc2c(Cl)cccc2Cl)c(Br)c1. The number of ether oxygens (including phenoxy) is 1. The maximum Gasteiger partial charge on any atom is 0.335 e. The molecular formula is C14H8Br2Cl2O3. The van der Waals surface area contributed by atoms with E-state index in [4.69, 9.17) is 33.0 Å². The first-order valence-corrected chi connectivity index (χ1v) is 8.02. The van der Waals surface area contributed by atoms with Gasteiger partial charge in [-0.15, -0.1) is 0 Å². The van der Waals surface area contributed by atoms with Crippen molar-refractivity contribution in [2.45, 2.75) is 6.61 Å². The lowest BCUT2D eigenvalue weighted by Gasteiger charge is -2.13. The van der Waals surface area contributed by atoms with E-state index in [1.807, 2.05) is 0 Å². The molecule has 0 spiro atoms. The fourth-order valence-electron chi connectivity index (χ4n) is 1.64. The van der Waals surface area contributed by atoms with Crippen LogP contribution in [0, 0.1) is 0 Å². The Morgan fingerprint density at radius 1 is 1.14 bits per heavy atom. The average Bonchev–Trinajstić information content (AvgIpc) is 2.40. The van der Waals surface area contributed by atoms with Crippen LogP contribution in [0.1, 0.15) is 15.9 Å². The second-order valence-electron chi connectivity index (χ2n) is 4.06. The number of rotatable bonds is 4. The quantitative estimate of drug-likeness (QED) is 0.635. The molecule has 0 atom stereocenters. The van der Waals surface area contributed by atoms with Crippen LogP contribution in [0.2, 0.25) is 10.0 Å². The zero-order valence-electron chi connectivity index (χ0n) is 10.4. The van der Waals surface area contributed by atoms with Crippen LogP contribution in [-0.2, 0) is 6.61 Å². The van der Waals surface area contributed by atoms with Gasteiger partial charge < -0.3 is 9.84 Å². The Morgan fingerprint density at radius 2 is 1.67 bits per heavy atom. The molecule has 0 aliphatic carbocycles. The highest BCUT2D eigenvalue weighted by Gasteiger charge is 2.14. The second-order valence-corrected chi connectivity index (χ2v) is 6.59. The van der Waals surface area contributed by atoms with Gasteiger partial charge in [-0.1, -0.05) is 29.3 Å². The van der Waals surface area contributed by atoms with Gasteiger partial charge in [-0.05, 0) is 56.1 Å². The third kappa shape index (κ3) is 3.92. The summed E-state index contributed by atoms with van der Waals surface area (Å²) in [7, 11) is 0.